The SMILES string of the molecule is O=C(O)C=Cc1csc(CN(CC2CC2)C2CC2)c1. The molecule has 0 amide bonds. The van der Waals surface area contributed by atoms with E-state index < -0.39 is 5.97 Å². The van der Waals surface area contributed by atoms with E-state index in [0.717, 1.165) is 24.1 Å². The summed E-state index contributed by atoms with van der Waals surface area (Å²) in [6.07, 6.45) is 8.38. The van der Waals surface area contributed by atoms with Crippen LogP contribution >= 0.6 is 11.3 Å². The molecule has 0 unspecified atom stereocenters. The van der Waals surface area contributed by atoms with Crippen LogP contribution in [0, 0.1) is 5.92 Å². The van der Waals surface area contributed by atoms with Crippen molar-refractivity contribution in [2.75, 3.05) is 6.54 Å². The summed E-state index contributed by atoms with van der Waals surface area (Å²) >= 11 is 1.74. The van der Waals surface area contributed by atoms with Crippen molar-refractivity contribution >= 4 is 23.4 Å². The minimum atomic E-state index is -0.888. The van der Waals surface area contributed by atoms with Gasteiger partial charge < -0.3 is 5.11 Å². The van der Waals surface area contributed by atoms with Gasteiger partial charge in [0, 0.05) is 30.1 Å². The van der Waals surface area contributed by atoms with E-state index in [-0.39, 0.29) is 0 Å². The Kier molecular flexibility index (Phi) is 3.71. The number of nitrogens with zero attached hydrogens (tertiary/aromatic N) is 1. The largest absolute Gasteiger partial charge is 0.478 e. The van der Waals surface area contributed by atoms with Crippen LogP contribution in [0.1, 0.15) is 36.1 Å². The molecule has 2 aliphatic carbocycles. The number of carbonyl (C=O) groups is 1. The Labute approximate surface area is 117 Å². The molecule has 0 radical (unpaired) electrons. The number of hydrogen-bond donors (Lipinski definition) is 1. The van der Waals surface area contributed by atoms with Crippen LogP contribution < -0.4 is 0 Å². The van der Waals surface area contributed by atoms with Crippen molar-refractivity contribution in [3.63, 3.8) is 0 Å². The molecule has 3 nitrogen and oxygen atoms in total. The van der Waals surface area contributed by atoms with Crippen LogP contribution in [0.5, 0.6) is 0 Å². The summed E-state index contributed by atoms with van der Waals surface area (Å²) in [4.78, 5) is 14.5. The molecule has 19 heavy (non-hydrogen) atoms. The molecule has 0 bridgehead atoms. The lowest BCUT2D eigenvalue weighted by molar-refractivity contribution is -0.131. The maximum atomic E-state index is 10.5. The number of carboxylic acid groups (broad SMARTS) is 1. The van der Waals surface area contributed by atoms with E-state index >= 15 is 0 Å². The first-order valence-corrected chi connectivity index (χ1v) is 7.81. The van der Waals surface area contributed by atoms with Crippen molar-refractivity contribution in [3.8, 4) is 0 Å². The Bertz CT molecular complexity index is 486. The van der Waals surface area contributed by atoms with Crippen molar-refractivity contribution < 1.29 is 9.90 Å². The van der Waals surface area contributed by atoms with Gasteiger partial charge in [0.05, 0.1) is 0 Å². The third-order valence-corrected chi connectivity index (χ3v) is 4.64. The topological polar surface area (TPSA) is 40.5 Å². The average Bonchev–Trinajstić information content (AvgIpc) is 3.26. The smallest absolute Gasteiger partial charge is 0.328 e. The van der Waals surface area contributed by atoms with Crippen LogP contribution in [-0.2, 0) is 11.3 Å². The van der Waals surface area contributed by atoms with Crippen LogP contribution in [0.25, 0.3) is 6.08 Å². The Hall–Kier alpha value is -1.13. The highest BCUT2D eigenvalue weighted by molar-refractivity contribution is 7.10. The van der Waals surface area contributed by atoms with Crippen molar-refractivity contribution in [3.05, 3.63) is 28.0 Å². The Morgan fingerprint density at radius 2 is 2.21 bits per heavy atom. The van der Waals surface area contributed by atoms with Gasteiger partial charge in [0.25, 0.3) is 0 Å². The standard InChI is InChI=1S/C15H19NO2S/c17-15(18)6-3-12-7-14(19-10-12)9-16(13-4-5-13)8-11-1-2-11/h3,6-7,10-11,13H,1-2,4-5,8-9H2,(H,17,18). The molecule has 4 heteroatoms. The third kappa shape index (κ3) is 3.91. The highest BCUT2D eigenvalue weighted by Crippen LogP contribution is 2.36. The molecule has 1 N–H and O–H groups in total. The summed E-state index contributed by atoms with van der Waals surface area (Å²) in [6, 6.07) is 2.92. The first-order valence-electron chi connectivity index (χ1n) is 6.93. The van der Waals surface area contributed by atoms with Crippen LogP contribution in [-0.4, -0.2) is 28.6 Å². The van der Waals surface area contributed by atoms with Gasteiger partial charge in [-0.05, 0) is 54.7 Å². The number of hydrogen-bond acceptors (Lipinski definition) is 3. The second-order valence-electron chi connectivity index (χ2n) is 5.62. The summed E-state index contributed by atoms with van der Waals surface area (Å²) in [5, 5.41) is 10.7. The quantitative estimate of drug-likeness (QED) is 0.778. The van der Waals surface area contributed by atoms with Gasteiger partial charge in [0.1, 0.15) is 0 Å². The molecule has 0 atom stereocenters. The Morgan fingerprint density at radius 3 is 2.84 bits per heavy atom. The lowest BCUT2D eigenvalue weighted by atomic mass is 10.2. The van der Waals surface area contributed by atoms with Gasteiger partial charge in [-0.3, -0.25) is 4.90 Å². The molecular weight excluding hydrogens is 258 g/mol. The zero-order valence-corrected chi connectivity index (χ0v) is 11.7. The van der Waals surface area contributed by atoms with Gasteiger partial charge in [0.2, 0.25) is 0 Å². The minimum absolute atomic E-state index is 0.806. The van der Waals surface area contributed by atoms with Crippen LogP contribution in [0.15, 0.2) is 17.5 Å². The van der Waals surface area contributed by atoms with Crippen LogP contribution in [0.4, 0.5) is 0 Å². The molecule has 0 spiro atoms. The fourth-order valence-electron chi connectivity index (χ4n) is 2.35. The second-order valence-corrected chi connectivity index (χ2v) is 6.62. The summed E-state index contributed by atoms with van der Waals surface area (Å²) in [6.45, 7) is 2.29. The fourth-order valence-corrected chi connectivity index (χ4v) is 3.23. The predicted octanol–water partition coefficient (Wildman–Crippen LogP) is 3.22. The molecule has 0 saturated heterocycles. The Morgan fingerprint density at radius 1 is 1.42 bits per heavy atom. The molecule has 0 aromatic carbocycles. The van der Waals surface area contributed by atoms with E-state index in [9.17, 15) is 4.79 Å². The van der Waals surface area contributed by atoms with E-state index in [1.165, 1.54) is 43.2 Å². The predicted molar refractivity (Wildman–Crippen MR) is 77.1 cm³/mol. The normalized spacial score (nSPS) is 19.4. The molecular formula is C15H19NO2S. The highest BCUT2D eigenvalue weighted by atomic mass is 32.1. The molecule has 1 heterocycles. The van der Waals surface area contributed by atoms with Crippen molar-refractivity contribution in [2.45, 2.75) is 38.3 Å². The summed E-state index contributed by atoms with van der Waals surface area (Å²) in [5.41, 5.74) is 1.00. The van der Waals surface area contributed by atoms with Crippen molar-refractivity contribution in [1.82, 2.24) is 4.90 Å². The van der Waals surface area contributed by atoms with Gasteiger partial charge in [-0.2, -0.15) is 0 Å². The fraction of sp³-hybridized carbons (Fsp3) is 0.533. The number of carboxylic acids is 1. The first-order chi connectivity index (χ1) is 9.20. The van der Waals surface area contributed by atoms with E-state index in [4.69, 9.17) is 5.11 Å². The second kappa shape index (κ2) is 5.47. The monoisotopic (exact) mass is 277 g/mol. The molecule has 0 aliphatic heterocycles. The zero-order valence-electron chi connectivity index (χ0n) is 10.9. The lowest BCUT2D eigenvalue weighted by Crippen LogP contribution is -2.27. The van der Waals surface area contributed by atoms with Crippen molar-refractivity contribution in [1.29, 1.82) is 0 Å². The van der Waals surface area contributed by atoms with E-state index in [0.29, 0.717) is 0 Å². The van der Waals surface area contributed by atoms with Gasteiger partial charge in [-0.15, -0.1) is 11.3 Å². The first kappa shape index (κ1) is 12.9. The van der Waals surface area contributed by atoms with Gasteiger partial charge in [0.15, 0.2) is 0 Å². The number of rotatable bonds is 7. The van der Waals surface area contributed by atoms with Gasteiger partial charge in [-0.1, -0.05) is 0 Å². The molecule has 2 saturated carbocycles. The maximum Gasteiger partial charge on any atom is 0.328 e. The molecule has 2 aliphatic rings. The molecule has 3 rings (SSSR count). The maximum absolute atomic E-state index is 10.5. The number of thiophene rings is 1. The minimum Gasteiger partial charge on any atom is -0.478 e. The van der Waals surface area contributed by atoms with Gasteiger partial charge in [-0.25, -0.2) is 4.79 Å². The van der Waals surface area contributed by atoms with Crippen LogP contribution in [0.2, 0.25) is 0 Å². The summed E-state index contributed by atoms with van der Waals surface area (Å²) in [5.74, 6) is 0.0491. The molecule has 102 valence electrons. The average molecular weight is 277 g/mol. The van der Waals surface area contributed by atoms with E-state index in [1.807, 2.05) is 5.38 Å². The zero-order chi connectivity index (χ0) is 13.2. The molecule has 1 aromatic heterocycles. The highest BCUT2D eigenvalue weighted by Gasteiger charge is 2.33. The van der Waals surface area contributed by atoms with Gasteiger partial charge >= 0.3 is 5.97 Å². The summed E-state index contributed by atoms with van der Waals surface area (Å²) in [7, 11) is 0. The van der Waals surface area contributed by atoms with Crippen LogP contribution in [0.3, 0.4) is 0 Å². The third-order valence-electron chi connectivity index (χ3n) is 3.70. The summed E-state index contributed by atoms with van der Waals surface area (Å²) < 4.78 is 0. The number of aliphatic carboxylic acids is 1. The molecule has 2 fully saturated rings. The molecule has 1 aromatic rings. The lowest BCUT2D eigenvalue weighted by Gasteiger charge is -2.20. The van der Waals surface area contributed by atoms with Crippen molar-refractivity contribution in [2.24, 2.45) is 5.92 Å². The Balaban J connectivity index is 1.59. The van der Waals surface area contributed by atoms with E-state index in [1.54, 1.807) is 17.4 Å². The van der Waals surface area contributed by atoms with E-state index in [2.05, 4.69) is 11.0 Å².